The van der Waals surface area contributed by atoms with Gasteiger partial charge in [-0.05, 0) is 55.5 Å². The summed E-state index contributed by atoms with van der Waals surface area (Å²) in [4.78, 5) is 24.1. The molecule has 0 spiro atoms. The predicted octanol–water partition coefficient (Wildman–Crippen LogP) is 2.91. The Bertz CT molecular complexity index is 929. The maximum absolute atomic E-state index is 12.9. The van der Waals surface area contributed by atoms with Crippen LogP contribution in [0.2, 0.25) is 5.02 Å². The van der Waals surface area contributed by atoms with E-state index in [4.69, 9.17) is 16.3 Å². The van der Waals surface area contributed by atoms with Crippen LogP contribution in [0.5, 0.6) is 0 Å². The number of rotatable bonds is 7. The van der Waals surface area contributed by atoms with Gasteiger partial charge in [0, 0.05) is 17.6 Å². The molecule has 6 nitrogen and oxygen atoms in total. The lowest BCUT2D eigenvalue weighted by Crippen LogP contribution is -2.35. The van der Waals surface area contributed by atoms with Gasteiger partial charge in [-0.2, -0.15) is 4.31 Å². The second kappa shape index (κ2) is 8.60. The van der Waals surface area contributed by atoms with Crippen LogP contribution in [0.1, 0.15) is 17.3 Å². The molecule has 0 aliphatic carbocycles. The van der Waals surface area contributed by atoms with Crippen molar-refractivity contribution < 1.29 is 27.1 Å². The summed E-state index contributed by atoms with van der Waals surface area (Å²) in [5, 5.41) is 0.462. The van der Waals surface area contributed by atoms with Gasteiger partial charge < -0.3 is 4.74 Å². The van der Waals surface area contributed by atoms with Crippen molar-refractivity contribution in [3.63, 3.8) is 0 Å². The van der Waals surface area contributed by atoms with Gasteiger partial charge in [0.1, 0.15) is 12.4 Å². The Labute approximate surface area is 161 Å². The van der Waals surface area contributed by atoms with Crippen molar-refractivity contribution in [1.29, 1.82) is 0 Å². The molecule has 0 radical (unpaired) electrons. The van der Waals surface area contributed by atoms with E-state index < -0.39 is 40.2 Å². The van der Waals surface area contributed by atoms with Crippen molar-refractivity contribution in [1.82, 2.24) is 4.31 Å². The molecule has 0 saturated carbocycles. The smallest absolute Gasteiger partial charge is 0.322 e. The molecule has 0 bridgehead atoms. The Morgan fingerprint density at radius 1 is 1.11 bits per heavy atom. The number of benzene rings is 2. The van der Waals surface area contributed by atoms with Gasteiger partial charge in [-0.3, -0.25) is 9.59 Å². The highest BCUT2D eigenvalue weighted by Crippen LogP contribution is 2.16. The average Bonchev–Trinajstić information content (AvgIpc) is 2.61. The molecule has 9 heteroatoms. The SMILES string of the molecule is C[C@H](OC(=O)CN(C)S(=O)(=O)c1ccc(F)cc1)C(=O)c1ccc(Cl)cc1. The van der Waals surface area contributed by atoms with Gasteiger partial charge in [-0.25, -0.2) is 12.8 Å². The van der Waals surface area contributed by atoms with E-state index >= 15 is 0 Å². The first-order valence-electron chi connectivity index (χ1n) is 7.82. The lowest BCUT2D eigenvalue weighted by Gasteiger charge is -2.18. The average molecular weight is 414 g/mol. The van der Waals surface area contributed by atoms with Crippen molar-refractivity contribution in [3.8, 4) is 0 Å². The maximum atomic E-state index is 12.9. The maximum Gasteiger partial charge on any atom is 0.322 e. The lowest BCUT2D eigenvalue weighted by molar-refractivity contribution is -0.146. The summed E-state index contributed by atoms with van der Waals surface area (Å²) in [6.45, 7) is 0.793. The van der Waals surface area contributed by atoms with Crippen molar-refractivity contribution >= 4 is 33.4 Å². The number of likely N-dealkylation sites (N-methyl/N-ethyl adjacent to an activating group) is 1. The lowest BCUT2D eigenvalue weighted by atomic mass is 10.1. The second-order valence-corrected chi connectivity index (χ2v) is 8.20. The third-order valence-electron chi connectivity index (χ3n) is 3.68. The number of esters is 1. The van der Waals surface area contributed by atoms with Crippen LogP contribution in [0.3, 0.4) is 0 Å². The quantitative estimate of drug-likeness (QED) is 0.515. The van der Waals surface area contributed by atoms with E-state index in [2.05, 4.69) is 0 Å². The fraction of sp³-hybridized carbons (Fsp3) is 0.222. The molecule has 2 aromatic rings. The van der Waals surface area contributed by atoms with Crippen LogP contribution in [-0.2, 0) is 19.6 Å². The van der Waals surface area contributed by atoms with Gasteiger partial charge in [0.25, 0.3) is 0 Å². The molecular formula is C18H17ClFNO5S. The summed E-state index contributed by atoms with van der Waals surface area (Å²) in [5.41, 5.74) is 0.312. The Hall–Kier alpha value is -2.29. The molecule has 0 heterocycles. The normalized spacial score (nSPS) is 12.6. The fourth-order valence-electron chi connectivity index (χ4n) is 2.19. The molecule has 144 valence electrons. The Kier molecular flexibility index (Phi) is 6.69. The van der Waals surface area contributed by atoms with Crippen molar-refractivity contribution in [2.75, 3.05) is 13.6 Å². The number of ketones is 1. The molecule has 0 fully saturated rings. The van der Waals surface area contributed by atoms with Gasteiger partial charge >= 0.3 is 5.97 Å². The fourth-order valence-corrected chi connectivity index (χ4v) is 3.43. The zero-order chi connectivity index (χ0) is 20.2. The van der Waals surface area contributed by atoms with E-state index in [0.717, 1.165) is 28.6 Å². The van der Waals surface area contributed by atoms with E-state index in [0.29, 0.717) is 10.6 Å². The van der Waals surface area contributed by atoms with Crippen LogP contribution in [-0.4, -0.2) is 44.2 Å². The minimum atomic E-state index is -4.00. The Morgan fingerprint density at radius 2 is 1.67 bits per heavy atom. The van der Waals surface area contributed by atoms with Gasteiger partial charge in [0.05, 0.1) is 4.90 Å². The molecule has 0 amide bonds. The highest BCUT2D eigenvalue weighted by atomic mass is 35.5. The Morgan fingerprint density at radius 3 is 2.22 bits per heavy atom. The van der Waals surface area contributed by atoms with Gasteiger partial charge in [0.2, 0.25) is 15.8 Å². The van der Waals surface area contributed by atoms with Crippen LogP contribution in [0.4, 0.5) is 4.39 Å². The van der Waals surface area contributed by atoms with E-state index in [1.807, 2.05) is 0 Å². The first-order chi connectivity index (χ1) is 12.6. The Balaban J connectivity index is 2.00. The van der Waals surface area contributed by atoms with Crippen LogP contribution < -0.4 is 0 Å². The summed E-state index contributed by atoms with van der Waals surface area (Å²) in [6, 6.07) is 10.3. The van der Waals surface area contributed by atoms with E-state index in [-0.39, 0.29) is 4.90 Å². The molecule has 0 saturated heterocycles. The molecule has 2 aromatic carbocycles. The highest BCUT2D eigenvalue weighted by Gasteiger charge is 2.26. The first kappa shape index (κ1) is 21.0. The number of carbonyl (C=O) groups excluding carboxylic acids is 2. The van der Waals surface area contributed by atoms with E-state index in [1.54, 1.807) is 0 Å². The number of hydrogen-bond donors (Lipinski definition) is 0. The number of ether oxygens (including phenoxy) is 1. The molecule has 0 N–H and O–H groups in total. The van der Waals surface area contributed by atoms with Crippen molar-refractivity contribution in [3.05, 3.63) is 64.9 Å². The van der Waals surface area contributed by atoms with Crippen molar-refractivity contribution in [2.45, 2.75) is 17.9 Å². The molecule has 0 aliphatic heterocycles. The molecular weight excluding hydrogens is 397 g/mol. The second-order valence-electron chi connectivity index (χ2n) is 5.72. The summed E-state index contributed by atoms with van der Waals surface area (Å²) < 4.78 is 43.5. The monoisotopic (exact) mass is 413 g/mol. The van der Waals surface area contributed by atoms with Gasteiger partial charge in [-0.15, -0.1) is 0 Å². The highest BCUT2D eigenvalue weighted by molar-refractivity contribution is 7.89. The molecule has 0 unspecified atom stereocenters. The number of nitrogens with zero attached hydrogens (tertiary/aromatic N) is 1. The van der Waals surface area contributed by atoms with Gasteiger partial charge in [-0.1, -0.05) is 11.6 Å². The molecule has 0 aromatic heterocycles. The third kappa shape index (κ3) is 5.35. The van der Waals surface area contributed by atoms with Crippen LogP contribution in [0.25, 0.3) is 0 Å². The number of carbonyl (C=O) groups is 2. The standard InChI is InChI=1S/C18H17ClFNO5S/c1-12(18(23)13-3-5-14(19)6-4-13)26-17(22)11-21(2)27(24,25)16-9-7-15(20)8-10-16/h3-10,12H,11H2,1-2H3/t12-/m0/s1. The van der Waals surface area contributed by atoms with Crippen LogP contribution in [0.15, 0.2) is 53.4 Å². The topological polar surface area (TPSA) is 80.8 Å². The molecule has 2 rings (SSSR count). The molecule has 27 heavy (non-hydrogen) atoms. The summed E-state index contributed by atoms with van der Waals surface area (Å²) >= 11 is 5.76. The zero-order valence-corrected chi connectivity index (χ0v) is 16.1. The van der Waals surface area contributed by atoms with E-state index in [1.165, 1.54) is 38.2 Å². The summed E-state index contributed by atoms with van der Waals surface area (Å²) in [6.07, 6.45) is -1.10. The molecule has 0 aliphatic rings. The number of Topliss-reactive ketones (excluding diaryl/α,β-unsaturated/α-hetero) is 1. The van der Waals surface area contributed by atoms with Crippen molar-refractivity contribution in [2.24, 2.45) is 0 Å². The van der Waals surface area contributed by atoms with E-state index in [9.17, 15) is 22.4 Å². The number of halogens is 2. The minimum absolute atomic E-state index is 0.163. The first-order valence-corrected chi connectivity index (χ1v) is 9.64. The summed E-state index contributed by atoms with van der Waals surface area (Å²) in [5.74, 6) is -1.91. The molecule has 1 atom stereocenters. The van der Waals surface area contributed by atoms with Crippen LogP contribution >= 0.6 is 11.6 Å². The minimum Gasteiger partial charge on any atom is -0.453 e. The largest absolute Gasteiger partial charge is 0.453 e. The number of sulfonamides is 1. The third-order valence-corrected chi connectivity index (χ3v) is 5.75. The number of hydrogen-bond acceptors (Lipinski definition) is 5. The van der Waals surface area contributed by atoms with Gasteiger partial charge in [0.15, 0.2) is 6.10 Å². The summed E-state index contributed by atoms with van der Waals surface area (Å²) in [7, 11) is -2.81. The zero-order valence-electron chi connectivity index (χ0n) is 14.6. The van der Waals surface area contributed by atoms with Crippen LogP contribution in [0, 0.1) is 5.82 Å². The predicted molar refractivity (Wildman–Crippen MR) is 97.6 cm³/mol.